The summed E-state index contributed by atoms with van der Waals surface area (Å²) < 4.78 is 2.99. The van der Waals surface area contributed by atoms with Gasteiger partial charge in [-0.3, -0.25) is 4.79 Å². The van der Waals surface area contributed by atoms with Gasteiger partial charge in [0.25, 0.3) is 5.91 Å². The molecule has 0 spiro atoms. The van der Waals surface area contributed by atoms with Crippen molar-refractivity contribution in [3.05, 3.63) is 83.5 Å². The molecule has 0 saturated carbocycles. The molecule has 4 aromatic rings. The lowest BCUT2D eigenvalue weighted by Gasteiger charge is -2.02. The van der Waals surface area contributed by atoms with Gasteiger partial charge < -0.3 is 5.32 Å². The number of carbonyl (C=O) groups is 1. The van der Waals surface area contributed by atoms with Crippen molar-refractivity contribution in [2.45, 2.75) is 6.42 Å². The second-order valence-corrected chi connectivity index (χ2v) is 6.87. The van der Waals surface area contributed by atoms with Crippen LogP contribution in [0.25, 0.3) is 15.8 Å². The Balaban J connectivity index is 1.36. The normalized spacial score (nSPS) is 10.9. The zero-order valence-electron chi connectivity index (χ0n) is 13.6. The van der Waals surface area contributed by atoms with Gasteiger partial charge in [0.15, 0.2) is 0 Å². The van der Waals surface area contributed by atoms with Gasteiger partial charge in [-0.05, 0) is 41.6 Å². The van der Waals surface area contributed by atoms with Crippen LogP contribution >= 0.6 is 11.3 Å². The molecule has 4 nitrogen and oxygen atoms in total. The van der Waals surface area contributed by atoms with E-state index in [2.05, 4.69) is 10.4 Å². The molecule has 2 heterocycles. The first-order valence-electron chi connectivity index (χ1n) is 8.15. The summed E-state index contributed by atoms with van der Waals surface area (Å²) in [5.41, 5.74) is 2.13. The molecule has 4 rings (SSSR count). The number of thiophene rings is 1. The molecular formula is C20H17N3OS. The number of hydrogen-bond donors (Lipinski definition) is 1. The Kier molecular flexibility index (Phi) is 4.31. The highest BCUT2D eigenvalue weighted by Gasteiger charge is 2.09. The maximum absolute atomic E-state index is 12.3. The summed E-state index contributed by atoms with van der Waals surface area (Å²) in [6.45, 7) is 0.591. The average molecular weight is 347 g/mol. The standard InChI is InChI=1S/C20H17N3OS/c24-20(19-12-16-6-4-5-9-18(16)25-19)21-11-10-15-13-22-23(14-15)17-7-2-1-3-8-17/h1-9,12-14H,10-11H2,(H,21,24). The minimum Gasteiger partial charge on any atom is -0.351 e. The van der Waals surface area contributed by atoms with Crippen molar-refractivity contribution in [2.24, 2.45) is 0 Å². The van der Waals surface area contributed by atoms with Crippen molar-refractivity contribution >= 4 is 27.3 Å². The van der Waals surface area contributed by atoms with Crippen LogP contribution in [0.1, 0.15) is 15.2 Å². The van der Waals surface area contributed by atoms with Crippen molar-refractivity contribution in [2.75, 3.05) is 6.54 Å². The summed E-state index contributed by atoms with van der Waals surface area (Å²) in [7, 11) is 0. The van der Waals surface area contributed by atoms with Crippen LogP contribution < -0.4 is 5.32 Å². The fraction of sp³-hybridized carbons (Fsp3) is 0.100. The first-order valence-corrected chi connectivity index (χ1v) is 8.97. The van der Waals surface area contributed by atoms with Gasteiger partial charge in [0.05, 0.1) is 16.8 Å². The van der Waals surface area contributed by atoms with E-state index in [1.165, 1.54) is 11.3 Å². The highest BCUT2D eigenvalue weighted by atomic mass is 32.1. The number of aromatic nitrogens is 2. The van der Waals surface area contributed by atoms with Gasteiger partial charge in [-0.25, -0.2) is 4.68 Å². The number of carbonyl (C=O) groups excluding carboxylic acids is 1. The third-order valence-electron chi connectivity index (χ3n) is 4.01. The zero-order chi connectivity index (χ0) is 17.1. The zero-order valence-corrected chi connectivity index (χ0v) is 14.4. The van der Waals surface area contributed by atoms with Gasteiger partial charge in [0.1, 0.15) is 0 Å². The summed E-state index contributed by atoms with van der Waals surface area (Å²) in [5, 5.41) is 8.48. The Hall–Kier alpha value is -2.92. The molecule has 25 heavy (non-hydrogen) atoms. The molecule has 2 aromatic carbocycles. The summed E-state index contributed by atoms with van der Waals surface area (Å²) in [5.74, 6) is -0.0170. The van der Waals surface area contributed by atoms with Crippen LogP contribution in [0.5, 0.6) is 0 Å². The van der Waals surface area contributed by atoms with Gasteiger partial charge in [0.2, 0.25) is 0 Å². The van der Waals surface area contributed by atoms with Crippen molar-refractivity contribution in [3.63, 3.8) is 0 Å². The van der Waals surface area contributed by atoms with Gasteiger partial charge in [0, 0.05) is 17.4 Å². The monoisotopic (exact) mass is 347 g/mol. The van der Waals surface area contributed by atoms with E-state index in [1.807, 2.05) is 77.7 Å². The first-order chi connectivity index (χ1) is 12.3. The number of fused-ring (bicyclic) bond motifs is 1. The lowest BCUT2D eigenvalue weighted by Crippen LogP contribution is -2.24. The number of benzene rings is 2. The van der Waals surface area contributed by atoms with Crippen LogP contribution in [-0.2, 0) is 6.42 Å². The number of nitrogens with zero attached hydrogens (tertiary/aromatic N) is 2. The van der Waals surface area contributed by atoms with Gasteiger partial charge in [-0.15, -0.1) is 11.3 Å². The van der Waals surface area contributed by atoms with Crippen LogP contribution in [0.2, 0.25) is 0 Å². The molecule has 0 radical (unpaired) electrons. The van der Waals surface area contributed by atoms with Gasteiger partial charge in [-0.1, -0.05) is 36.4 Å². The molecule has 1 N–H and O–H groups in total. The highest BCUT2D eigenvalue weighted by molar-refractivity contribution is 7.20. The van der Waals surface area contributed by atoms with Crippen LogP contribution in [0, 0.1) is 0 Å². The van der Waals surface area contributed by atoms with Gasteiger partial charge in [-0.2, -0.15) is 5.10 Å². The van der Waals surface area contributed by atoms with Crippen LogP contribution in [0.3, 0.4) is 0 Å². The molecule has 0 bridgehead atoms. The molecule has 5 heteroatoms. The maximum atomic E-state index is 12.3. The Bertz CT molecular complexity index is 971. The third kappa shape index (κ3) is 3.46. The van der Waals surface area contributed by atoms with Crippen LogP contribution in [-0.4, -0.2) is 22.2 Å². The molecular weight excluding hydrogens is 330 g/mol. The molecule has 1 amide bonds. The minimum absolute atomic E-state index is 0.0170. The first kappa shape index (κ1) is 15.6. The number of rotatable bonds is 5. The smallest absolute Gasteiger partial charge is 0.261 e. The lowest BCUT2D eigenvalue weighted by molar-refractivity contribution is 0.0958. The second kappa shape index (κ2) is 6.91. The van der Waals surface area contributed by atoms with E-state index in [4.69, 9.17) is 0 Å². The van der Waals surface area contributed by atoms with E-state index in [-0.39, 0.29) is 5.91 Å². The maximum Gasteiger partial charge on any atom is 0.261 e. The third-order valence-corrected chi connectivity index (χ3v) is 5.12. The summed E-state index contributed by atoms with van der Waals surface area (Å²) in [6, 6.07) is 20.0. The number of para-hydroxylation sites is 1. The molecule has 0 atom stereocenters. The Morgan fingerprint density at radius 3 is 2.72 bits per heavy atom. The topological polar surface area (TPSA) is 46.9 Å². The summed E-state index contributed by atoms with van der Waals surface area (Å²) >= 11 is 1.52. The summed E-state index contributed by atoms with van der Waals surface area (Å²) in [4.78, 5) is 13.1. The quantitative estimate of drug-likeness (QED) is 0.592. The molecule has 2 aromatic heterocycles. The molecule has 0 saturated heterocycles. The number of nitrogens with one attached hydrogen (secondary N) is 1. The molecule has 0 unspecified atom stereocenters. The SMILES string of the molecule is O=C(NCCc1cnn(-c2ccccc2)c1)c1cc2ccccc2s1. The molecule has 0 aliphatic rings. The van der Waals surface area contributed by atoms with Crippen LogP contribution in [0.15, 0.2) is 73.1 Å². The van der Waals surface area contributed by atoms with E-state index >= 15 is 0 Å². The van der Waals surface area contributed by atoms with E-state index in [0.717, 1.165) is 32.6 Å². The van der Waals surface area contributed by atoms with Crippen molar-refractivity contribution in [1.82, 2.24) is 15.1 Å². The molecule has 0 aliphatic heterocycles. The molecule has 0 aliphatic carbocycles. The highest BCUT2D eigenvalue weighted by Crippen LogP contribution is 2.25. The van der Waals surface area contributed by atoms with E-state index in [0.29, 0.717) is 6.54 Å². The predicted octanol–water partition coefficient (Wildman–Crippen LogP) is 4.06. The number of hydrogen-bond acceptors (Lipinski definition) is 3. The number of amides is 1. The largest absolute Gasteiger partial charge is 0.351 e. The van der Waals surface area contributed by atoms with E-state index in [9.17, 15) is 4.79 Å². The fourth-order valence-corrected chi connectivity index (χ4v) is 3.69. The second-order valence-electron chi connectivity index (χ2n) is 5.78. The van der Waals surface area contributed by atoms with Crippen molar-refractivity contribution < 1.29 is 4.79 Å². The predicted molar refractivity (Wildman–Crippen MR) is 101 cm³/mol. The van der Waals surface area contributed by atoms with Crippen LogP contribution in [0.4, 0.5) is 0 Å². The van der Waals surface area contributed by atoms with E-state index < -0.39 is 0 Å². The van der Waals surface area contributed by atoms with E-state index in [1.54, 1.807) is 0 Å². The minimum atomic E-state index is -0.0170. The Labute approximate surface area is 149 Å². The molecule has 124 valence electrons. The summed E-state index contributed by atoms with van der Waals surface area (Å²) in [6.07, 6.45) is 4.60. The van der Waals surface area contributed by atoms with Crippen molar-refractivity contribution in [1.29, 1.82) is 0 Å². The lowest BCUT2D eigenvalue weighted by atomic mass is 10.2. The average Bonchev–Trinajstić information content (AvgIpc) is 3.29. The molecule has 0 fully saturated rings. The fourth-order valence-electron chi connectivity index (χ4n) is 2.71. The Morgan fingerprint density at radius 2 is 1.88 bits per heavy atom. The van der Waals surface area contributed by atoms with Gasteiger partial charge >= 0.3 is 0 Å². The Morgan fingerprint density at radius 1 is 1.08 bits per heavy atom. The van der Waals surface area contributed by atoms with Crippen molar-refractivity contribution in [3.8, 4) is 5.69 Å².